The predicted octanol–water partition coefficient (Wildman–Crippen LogP) is 2.29. The number of fused-ring (bicyclic) bond motifs is 1. The minimum atomic E-state index is -0.0199. The number of hydrogen-bond donors (Lipinski definition) is 0. The first kappa shape index (κ1) is 11.7. The first-order valence-corrected chi connectivity index (χ1v) is 6.66. The first-order valence-electron chi connectivity index (χ1n) is 6.28. The van der Waals surface area contributed by atoms with Crippen LogP contribution in [-0.2, 0) is 7.05 Å². The summed E-state index contributed by atoms with van der Waals surface area (Å²) in [7, 11) is 1.75. The first-order chi connectivity index (χ1) is 8.68. The van der Waals surface area contributed by atoms with Gasteiger partial charge in [-0.1, -0.05) is 19.3 Å². The van der Waals surface area contributed by atoms with Gasteiger partial charge in [0.25, 0.3) is 0 Å². The summed E-state index contributed by atoms with van der Waals surface area (Å²) in [6.45, 7) is 0. The summed E-state index contributed by atoms with van der Waals surface area (Å²) in [4.78, 5) is 20.5. The van der Waals surface area contributed by atoms with E-state index < -0.39 is 0 Å². The number of imidazole rings is 1. The molecular formula is C12H15ClN4O. The van der Waals surface area contributed by atoms with Crippen molar-refractivity contribution in [2.75, 3.05) is 0 Å². The molecule has 6 heteroatoms. The number of halogens is 1. The molecule has 0 amide bonds. The molecule has 0 spiro atoms. The van der Waals surface area contributed by atoms with Crippen LogP contribution in [0.5, 0.6) is 0 Å². The summed E-state index contributed by atoms with van der Waals surface area (Å²) in [5, 5.41) is 0.192. The third-order valence-electron chi connectivity index (χ3n) is 3.74. The van der Waals surface area contributed by atoms with Crippen molar-refractivity contribution < 1.29 is 0 Å². The molecule has 96 valence electrons. The van der Waals surface area contributed by atoms with Crippen LogP contribution in [0, 0.1) is 0 Å². The van der Waals surface area contributed by atoms with Crippen LogP contribution >= 0.6 is 11.6 Å². The molecule has 0 bridgehead atoms. The van der Waals surface area contributed by atoms with Crippen molar-refractivity contribution >= 4 is 22.8 Å². The van der Waals surface area contributed by atoms with Crippen LogP contribution in [0.1, 0.15) is 38.1 Å². The van der Waals surface area contributed by atoms with Gasteiger partial charge in [-0.3, -0.25) is 9.13 Å². The molecule has 1 saturated carbocycles. The lowest BCUT2D eigenvalue weighted by Crippen LogP contribution is -2.27. The second-order valence-electron chi connectivity index (χ2n) is 4.85. The third kappa shape index (κ3) is 1.73. The number of hydrogen-bond acceptors (Lipinski definition) is 3. The largest absolute Gasteiger partial charge is 0.330 e. The number of aromatic nitrogens is 4. The predicted molar refractivity (Wildman–Crippen MR) is 69.9 cm³/mol. The van der Waals surface area contributed by atoms with Crippen LogP contribution in [-0.4, -0.2) is 19.1 Å². The lowest BCUT2D eigenvalue weighted by molar-refractivity contribution is 0.350. The van der Waals surface area contributed by atoms with E-state index in [4.69, 9.17) is 11.6 Å². The van der Waals surface area contributed by atoms with E-state index in [2.05, 4.69) is 9.97 Å². The molecule has 0 saturated heterocycles. The third-order valence-corrected chi connectivity index (χ3v) is 3.93. The van der Waals surface area contributed by atoms with Crippen molar-refractivity contribution in [1.29, 1.82) is 0 Å². The molecule has 0 unspecified atom stereocenters. The number of nitrogens with zero attached hydrogens (tertiary/aromatic N) is 4. The molecule has 1 fully saturated rings. The maximum Gasteiger partial charge on any atom is 0.330 e. The lowest BCUT2D eigenvalue weighted by Gasteiger charge is -2.22. The summed E-state index contributed by atoms with van der Waals surface area (Å²) in [6, 6.07) is 0.251. The average molecular weight is 267 g/mol. The van der Waals surface area contributed by atoms with E-state index in [1.54, 1.807) is 22.4 Å². The summed E-state index contributed by atoms with van der Waals surface area (Å²) in [5.41, 5.74) is 1.39. The Hall–Kier alpha value is -1.36. The normalized spacial score (nSPS) is 17.4. The smallest absolute Gasteiger partial charge is 0.292 e. The van der Waals surface area contributed by atoms with Crippen molar-refractivity contribution in [2.24, 2.45) is 7.05 Å². The van der Waals surface area contributed by atoms with Gasteiger partial charge in [0.05, 0.1) is 6.20 Å². The van der Waals surface area contributed by atoms with E-state index in [1.807, 2.05) is 0 Å². The molecule has 2 aromatic rings. The lowest BCUT2D eigenvalue weighted by atomic mass is 9.95. The maximum absolute atomic E-state index is 12.3. The van der Waals surface area contributed by atoms with Crippen molar-refractivity contribution in [3.63, 3.8) is 0 Å². The van der Waals surface area contributed by atoms with Crippen LogP contribution in [0.2, 0.25) is 5.28 Å². The summed E-state index contributed by atoms with van der Waals surface area (Å²) < 4.78 is 3.39. The van der Waals surface area contributed by atoms with Gasteiger partial charge in [0, 0.05) is 13.1 Å². The molecule has 0 atom stereocenters. The van der Waals surface area contributed by atoms with Crippen LogP contribution in [0.3, 0.4) is 0 Å². The minimum absolute atomic E-state index is 0.0199. The Labute approximate surface area is 109 Å². The SMILES string of the molecule is Cn1c(=O)n(C2CCCCC2)c2nc(Cl)ncc21. The molecule has 1 aliphatic rings. The molecule has 2 heterocycles. The van der Waals surface area contributed by atoms with Crippen LogP contribution < -0.4 is 5.69 Å². The zero-order chi connectivity index (χ0) is 12.7. The van der Waals surface area contributed by atoms with Gasteiger partial charge < -0.3 is 0 Å². The molecule has 0 N–H and O–H groups in total. The second-order valence-corrected chi connectivity index (χ2v) is 5.19. The molecule has 2 aromatic heterocycles. The Bertz CT molecular complexity index is 639. The zero-order valence-corrected chi connectivity index (χ0v) is 11.0. The second kappa shape index (κ2) is 4.39. The average Bonchev–Trinajstić information content (AvgIpc) is 2.63. The fourth-order valence-electron chi connectivity index (χ4n) is 2.78. The van der Waals surface area contributed by atoms with Crippen molar-refractivity contribution in [1.82, 2.24) is 19.1 Å². The molecule has 3 rings (SSSR count). The summed E-state index contributed by atoms with van der Waals surface area (Å²) >= 11 is 5.84. The summed E-state index contributed by atoms with van der Waals surface area (Å²) in [6.07, 6.45) is 7.30. The van der Waals surface area contributed by atoms with E-state index in [0.717, 1.165) is 18.4 Å². The summed E-state index contributed by atoms with van der Waals surface area (Å²) in [5.74, 6) is 0. The van der Waals surface area contributed by atoms with E-state index >= 15 is 0 Å². The van der Waals surface area contributed by atoms with E-state index in [0.29, 0.717) is 5.65 Å². The molecule has 18 heavy (non-hydrogen) atoms. The maximum atomic E-state index is 12.3. The van der Waals surface area contributed by atoms with Crippen molar-refractivity contribution in [2.45, 2.75) is 38.1 Å². The molecule has 1 aliphatic carbocycles. The fraction of sp³-hybridized carbons (Fsp3) is 0.583. The quantitative estimate of drug-likeness (QED) is 0.744. The Morgan fingerprint density at radius 2 is 2.06 bits per heavy atom. The van der Waals surface area contributed by atoms with Gasteiger partial charge in [-0.2, -0.15) is 4.98 Å². The van der Waals surface area contributed by atoms with Crippen LogP contribution in [0.15, 0.2) is 11.0 Å². The standard InChI is InChI=1S/C12H15ClN4O/c1-16-9-7-14-11(13)15-10(9)17(12(16)18)8-5-3-2-4-6-8/h7-8H,2-6H2,1H3. The molecule has 0 aliphatic heterocycles. The highest BCUT2D eigenvalue weighted by molar-refractivity contribution is 6.28. The van der Waals surface area contributed by atoms with Gasteiger partial charge in [-0.05, 0) is 24.4 Å². The van der Waals surface area contributed by atoms with E-state index in [-0.39, 0.29) is 17.0 Å². The Kier molecular flexibility index (Phi) is 2.86. The van der Waals surface area contributed by atoms with Gasteiger partial charge in [0.2, 0.25) is 5.28 Å². The van der Waals surface area contributed by atoms with Crippen molar-refractivity contribution in [3.8, 4) is 0 Å². The highest BCUT2D eigenvalue weighted by atomic mass is 35.5. The number of aryl methyl sites for hydroxylation is 1. The molecule has 0 aromatic carbocycles. The van der Waals surface area contributed by atoms with E-state index in [1.165, 1.54) is 19.3 Å². The van der Waals surface area contributed by atoms with Gasteiger partial charge >= 0.3 is 5.69 Å². The Morgan fingerprint density at radius 1 is 1.33 bits per heavy atom. The topological polar surface area (TPSA) is 52.7 Å². The van der Waals surface area contributed by atoms with Crippen LogP contribution in [0.4, 0.5) is 0 Å². The van der Waals surface area contributed by atoms with Crippen molar-refractivity contribution in [3.05, 3.63) is 22.0 Å². The number of rotatable bonds is 1. The molecule has 5 nitrogen and oxygen atoms in total. The zero-order valence-electron chi connectivity index (χ0n) is 10.3. The van der Waals surface area contributed by atoms with Gasteiger partial charge in [-0.25, -0.2) is 9.78 Å². The van der Waals surface area contributed by atoms with Gasteiger partial charge in [-0.15, -0.1) is 0 Å². The Balaban J connectivity index is 2.23. The Morgan fingerprint density at radius 3 is 2.78 bits per heavy atom. The fourth-order valence-corrected chi connectivity index (χ4v) is 2.91. The van der Waals surface area contributed by atoms with Gasteiger partial charge in [0.1, 0.15) is 5.52 Å². The molecular weight excluding hydrogens is 252 g/mol. The minimum Gasteiger partial charge on any atom is -0.292 e. The molecule has 0 radical (unpaired) electrons. The van der Waals surface area contributed by atoms with Gasteiger partial charge in [0.15, 0.2) is 5.65 Å². The monoisotopic (exact) mass is 266 g/mol. The van der Waals surface area contributed by atoms with E-state index in [9.17, 15) is 4.79 Å². The highest BCUT2D eigenvalue weighted by Gasteiger charge is 2.22. The van der Waals surface area contributed by atoms with Crippen LogP contribution in [0.25, 0.3) is 11.2 Å². The highest BCUT2D eigenvalue weighted by Crippen LogP contribution is 2.29.